The van der Waals surface area contributed by atoms with Crippen LogP contribution in [0.4, 0.5) is 0 Å². The molecule has 0 radical (unpaired) electrons. The van der Waals surface area contributed by atoms with Crippen molar-refractivity contribution in [3.05, 3.63) is 35.9 Å². The number of nitrogens with zero attached hydrogens (tertiary/aromatic N) is 1. The Balaban J connectivity index is 1.82. The zero-order valence-corrected chi connectivity index (χ0v) is 12.8. The van der Waals surface area contributed by atoms with Gasteiger partial charge in [0.05, 0.1) is 6.04 Å². The van der Waals surface area contributed by atoms with Crippen LogP contribution in [0.15, 0.2) is 30.3 Å². The molecule has 1 saturated heterocycles. The molecule has 1 aromatic rings. The van der Waals surface area contributed by atoms with E-state index >= 15 is 0 Å². The molecule has 2 unspecified atom stereocenters. The topological polar surface area (TPSA) is 32.3 Å². The fourth-order valence-electron chi connectivity index (χ4n) is 2.82. The Morgan fingerprint density at radius 1 is 1.25 bits per heavy atom. The van der Waals surface area contributed by atoms with Gasteiger partial charge in [-0.05, 0) is 24.3 Å². The molecule has 1 fully saturated rings. The zero-order valence-electron chi connectivity index (χ0n) is 12.8. The minimum absolute atomic E-state index is 0.0297. The molecule has 3 heteroatoms. The summed E-state index contributed by atoms with van der Waals surface area (Å²) in [5.74, 6) is 0.778. The Hall–Kier alpha value is -1.35. The lowest BCUT2D eigenvalue weighted by Gasteiger charge is -2.20. The van der Waals surface area contributed by atoms with Gasteiger partial charge in [0.1, 0.15) is 0 Å². The van der Waals surface area contributed by atoms with Crippen LogP contribution in [0.2, 0.25) is 0 Å². The van der Waals surface area contributed by atoms with Crippen LogP contribution in [0.25, 0.3) is 0 Å². The Morgan fingerprint density at radius 3 is 2.60 bits per heavy atom. The van der Waals surface area contributed by atoms with E-state index in [2.05, 4.69) is 50.4 Å². The third-order valence-electron chi connectivity index (χ3n) is 4.03. The van der Waals surface area contributed by atoms with Gasteiger partial charge >= 0.3 is 0 Å². The molecule has 1 aromatic carbocycles. The highest BCUT2D eigenvalue weighted by atomic mass is 16.2. The van der Waals surface area contributed by atoms with Crippen molar-refractivity contribution in [2.45, 2.75) is 51.6 Å². The van der Waals surface area contributed by atoms with Crippen LogP contribution in [-0.2, 0) is 4.79 Å². The lowest BCUT2D eigenvalue weighted by molar-refractivity contribution is -0.129. The summed E-state index contributed by atoms with van der Waals surface area (Å²) in [5.41, 5.74) is 1.36. The van der Waals surface area contributed by atoms with Crippen LogP contribution in [0.5, 0.6) is 0 Å². The number of hydrogen-bond donors (Lipinski definition) is 1. The lowest BCUT2D eigenvalue weighted by Crippen LogP contribution is -2.41. The van der Waals surface area contributed by atoms with E-state index in [9.17, 15) is 4.79 Å². The second-order valence-electron chi connectivity index (χ2n) is 6.09. The van der Waals surface area contributed by atoms with Crippen LogP contribution < -0.4 is 5.32 Å². The van der Waals surface area contributed by atoms with Gasteiger partial charge in [-0.25, -0.2) is 0 Å². The summed E-state index contributed by atoms with van der Waals surface area (Å²) in [7, 11) is 0. The van der Waals surface area contributed by atoms with E-state index in [0.717, 1.165) is 25.9 Å². The number of hydrogen-bond acceptors (Lipinski definition) is 2. The molecule has 1 heterocycles. The predicted molar refractivity (Wildman–Crippen MR) is 82.7 cm³/mol. The highest BCUT2D eigenvalue weighted by molar-refractivity contribution is 5.84. The summed E-state index contributed by atoms with van der Waals surface area (Å²) in [6.45, 7) is 8.18. The summed E-state index contributed by atoms with van der Waals surface area (Å²) in [4.78, 5) is 14.3. The second kappa shape index (κ2) is 6.89. The molecule has 2 rings (SSSR count). The first kappa shape index (κ1) is 15.0. The number of amides is 1. The van der Waals surface area contributed by atoms with Gasteiger partial charge in [0.25, 0.3) is 0 Å². The quantitative estimate of drug-likeness (QED) is 0.865. The lowest BCUT2D eigenvalue weighted by atomic mass is 9.98. The van der Waals surface area contributed by atoms with Crippen LogP contribution in [0, 0.1) is 0 Å². The third-order valence-corrected chi connectivity index (χ3v) is 4.03. The highest BCUT2D eigenvalue weighted by Gasteiger charge is 2.31. The van der Waals surface area contributed by atoms with E-state index in [1.54, 1.807) is 0 Å². The molecule has 0 spiro atoms. The second-order valence-corrected chi connectivity index (χ2v) is 6.09. The van der Waals surface area contributed by atoms with Crippen LogP contribution >= 0.6 is 0 Å². The van der Waals surface area contributed by atoms with Crippen LogP contribution in [0.1, 0.15) is 45.1 Å². The Bertz CT molecular complexity index is 430. The largest absolute Gasteiger partial charge is 0.341 e. The predicted octanol–water partition coefficient (Wildman–Crippen LogP) is 2.78. The van der Waals surface area contributed by atoms with E-state index in [1.807, 2.05) is 11.0 Å². The fraction of sp³-hybridized carbons (Fsp3) is 0.588. The van der Waals surface area contributed by atoms with E-state index in [0.29, 0.717) is 12.0 Å². The summed E-state index contributed by atoms with van der Waals surface area (Å²) in [6, 6.07) is 10.9. The SMILES string of the molecule is CC(C)NC1CCN(CCC(C)c2ccccc2)C1=O. The number of benzene rings is 1. The minimum atomic E-state index is 0.0297. The maximum absolute atomic E-state index is 12.3. The fourth-order valence-corrected chi connectivity index (χ4v) is 2.82. The molecule has 1 aliphatic heterocycles. The maximum atomic E-state index is 12.3. The summed E-state index contributed by atoms with van der Waals surface area (Å²) in [5, 5.41) is 3.35. The van der Waals surface area contributed by atoms with E-state index < -0.39 is 0 Å². The molecular weight excluding hydrogens is 248 g/mol. The Labute approximate surface area is 122 Å². The molecule has 1 N–H and O–H groups in total. The number of carbonyl (C=O) groups excluding carboxylic acids is 1. The smallest absolute Gasteiger partial charge is 0.239 e. The van der Waals surface area contributed by atoms with Crippen molar-refractivity contribution in [1.82, 2.24) is 10.2 Å². The summed E-state index contributed by atoms with van der Waals surface area (Å²) < 4.78 is 0. The number of rotatable bonds is 6. The number of likely N-dealkylation sites (tertiary alicyclic amines) is 1. The summed E-state index contributed by atoms with van der Waals surface area (Å²) >= 11 is 0. The van der Waals surface area contributed by atoms with Gasteiger partial charge < -0.3 is 10.2 Å². The Kier molecular flexibility index (Phi) is 5.18. The van der Waals surface area contributed by atoms with Gasteiger partial charge in [-0.15, -0.1) is 0 Å². The van der Waals surface area contributed by atoms with Gasteiger partial charge in [0.2, 0.25) is 5.91 Å². The molecule has 0 aliphatic carbocycles. The van der Waals surface area contributed by atoms with Crippen molar-refractivity contribution >= 4 is 5.91 Å². The van der Waals surface area contributed by atoms with E-state index in [1.165, 1.54) is 5.56 Å². The third kappa shape index (κ3) is 3.83. The van der Waals surface area contributed by atoms with Crippen molar-refractivity contribution in [2.75, 3.05) is 13.1 Å². The van der Waals surface area contributed by atoms with Crippen LogP contribution in [0.3, 0.4) is 0 Å². The zero-order chi connectivity index (χ0) is 14.5. The first-order valence-corrected chi connectivity index (χ1v) is 7.67. The standard InChI is InChI=1S/C17H26N2O/c1-13(2)18-16-10-12-19(17(16)20)11-9-14(3)15-7-5-4-6-8-15/h4-8,13-14,16,18H,9-12H2,1-3H3. The minimum Gasteiger partial charge on any atom is -0.341 e. The molecule has 1 amide bonds. The van der Waals surface area contributed by atoms with Gasteiger partial charge in [0.15, 0.2) is 0 Å². The van der Waals surface area contributed by atoms with Gasteiger partial charge in [0, 0.05) is 19.1 Å². The Morgan fingerprint density at radius 2 is 1.95 bits per heavy atom. The van der Waals surface area contributed by atoms with E-state index in [4.69, 9.17) is 0 Å². The van der Waals surface area contributed by atoms with Crippen molar-refractivity contribution in [3.8, 4) is 0 Å². The van der Waals surface area contributed by atoms with Gasteiger partial charge in [-0.3, -0.25) is 4.79 Å². The maximum Gasteiger partial charge on any atom is 0.239 e. The van der Waals surface area contributed by atoms with Crippen molar-refractivity contribution in [2.24, 2.45) is 0 Å². The highest BCUT2D eigenvalue weighted by Crippen LogP contribution is 2.20. The average Bonchev–Trinajstić information content (AvgIpc) is 2.77. The molecule has 0 saturated carbocycles. The first-order chi connectivity index (χ1) is 9.58. The average molecular weight is 274 g/mol. The first-order valence-electron chi connectivity index (χ1n) is 7.67. The van der Waals surface area contributed by atoms with Gasteiger partial charge in [-0.2, -0.15) is 0 Å². The van der Waals surface area contributed by atoms with Crippen molar-refractivity contribution in [3.63, 3.8) is 0 Å². The molecule has 2 atom stereocenters. The van der Waals surface area contributed by atoms with Crippen LogP contribution in [-0.4, -0.2) is 36.0 Å². The van der Waals surface area contributed by atoms with Gasteiger partial charge in [-0.1, -0.05) is 51.1 Å². The normalized spacial score (nSPS) is 20.7. The molecule has 0 bridgehead atoms. The molecule has 0 aromatic heterocycles. The monoisotopic (exact) mass is 274 g/mol. The molecule has 3 nitrogen and oxygen atoms in total. The van der Waals surface area contributed by atoms with Crippen molar-refractivity contribution < 1.29 is 4.79 Å². The van der Waals surface area contributed by atoms with E-state index in [-0.39, 0.29) is 11.9 Å². The number of carbonyl (C=O) groups is 1. The summed E-state index contributed by atoms with van der Waals surface area (Å²) in [6.07, 6.45) is 1.97. The molecule has 1 aliphatic rings. The molecule has 110 valence electrons. The van der Waals surface area contributed by atoms with Crippen molar-refractivity contribution in [1.29, 1.82) is 0 Å². The molecule has 20 heavy (non-hydrogen) atoms. The molecular formula is C17H26N2O. The number of nitrogens with one attached hydrogen (secondary N) is 1.